The lowest BCUT2D eigenvalue weighted by atomic mass is 9.82. The van der Waals surface area contributed by atoms with Gasteiger partial charge in [-0.25, -0.2) is 13.2 Å². The van der Waals surface area contributed by atoms with E-state index >= 15 is 0 Å². The van der Waals surface area contributed by atoms with Crippen molar-refractivity contribution in [2.75, 3.05) is 13.1 Å². The van der Waals surface area contributed by atoms with E-state index in [0.29, 0.717) is 29.7 Å². The zero-order valence-corrected chi connectivity index (χ0v) is 18.0. The van der Waals surface area contributed by atoms with E-state index in [1.807, 2.05) is 26.0 Å². The van der Waals surface area contributed by atoms with Gasteiger partial charge in [-0.05, 0) is 43.2 Å². The Morgan fingerprint density at radius 3 is 2.55 bits per heavy atom. The lowest BCUT2D eigenvalue weighted by Crippen LogP contribution is -2.52. The van der Waals surface area contributed by atoms with Crippen molar-refractivity contribution in [1.82, 2.24) is 9.29 Å². The molecule has 1 saturated heterocycles. The Labute approximate surface area is 178 Å². The van der Waals surface area contributed by atoms with E-state index in [9.17, 15) is 18.0 Å². The number of hydrogen-bond acceptors (Lipinski definition) is 6. The molecule has 1 fully saturated rings. The quantitative estimate of drug-likeness (QED) is 0.654. The number of nitrogens with zero attached hydrogens (tertiary/aromatic N) is 1. The Morgan fingerprint density at radius 2 is 1.81 bits per heavy atom. The summed E-state index contributed by atoms with van der Waals surface area (Å²) in [6.45, 7) is 4.40. The third-order valence-electron chi connectivity index (χ3n) is 6.44. The molecule has 31 heavy (non-hydrogen) atoms. The Bertz CT molecular complexity index is 1380. The van der Waals surface area contributed by atoms with Gasteiger partial charge in [0.05, 0.1) is 22.4 Å². The molecule has 9 heteroatoms. The number of ether oxygens (including phenoxy) is 1. The van der Waals surface area contributed by atoms with Crippen molar-refractivity contribution in [2.45, 2.75) is 43.6 Å². The van der Waals surface area contributed by atoms with E-state index in [0.717, 1.165) is 11.1 Å². The van der Waals surface area contributed by atoms with Gasteiger partial charge in [-0.2, -0.15) is 4.31 Å². The van der Waals surface area contributed by atoms with E-state index in [1.54, 1.807) is 0 Å². The molecule has 2 aliphatic rings. The summed E-state index contributed by atoms with van der Waals surface area (Å²) in [6.07, 6.45) is 1.09. The molecule has 0 amide bonds. The summed E-state index contributed by atoms with van der Waals surface area (Å²) in [7, 11) is -3.77. The lowest BCUT2D eigenvalue weighted by Gasteiger charge is -2.44. The lowest BCUT2D eigenvalue weighted by molar-refractivity contribution is 0.00532. The number of ketones is 1. The summed E-state index contributed by atoms with van der Waals surface area (Å²) in [6, 6.07) is 8.06. The molecule has 3 aromatic rings. The van der Waals surface area contributed by atoms with E-state index in [-0.39, 0.29) is 35.8 Å². The number of nitrogens with one attached hydrogen (secondary N) is 1. The van der Waals surface area contributed by atoms with Crippen LogP contribution in [0.3, 0.4) is 0 Å². The van der Waals surface area contributed by atoms with Gasteiger partial charge < -0.3 is 9.15 Å². The Morgan fingerprint density at radius 1 is 1.06 bits per heavy atom. The molecule has 1 spiro atoms. The average Bonchev–Trinajstić information content (AvgIpc) is 3.10. The number of aryl methyl sites for hydroxylation is 1. The number of aromatic amines is 1. The van der Waals surface area contributed by atoms with E-state index < -0.39 is 21.4 Å². The number of H-pyrrole nitrogens is 1. The molecule has 2 aromatic carbocycles. The number of Topliss-reactive ketones (excluding diaryl/α,β-unsaturated/α-hetero) is 1. The van der Waals surface area contributed by atoms with Gasteiger partial charge in [0.25, 0.3) is 0 Å². The highest BCUT2D eigenvalue weighted by Crippen LogP contribution is 2.42. The van der Waals surface area contributed by atoms with E-state index in [4.69, 9.17) is 9.15 Å². The zero-order chi connectivity index (χ0) is 22.0. The maximum absolute atomic E-state index is 13.2. The van der Waals surface area contributed by atoms with Gasteiger partial charge in [0.2, 0.25) is 10.0 Å². The van der Waals surface area contributed by atoms with Crippen molar-refractivity contribution in [2.24, 2.45) is 0 Å². The van der Waals surface area contributed by atoms with Gasteiger partial charge in [0, 0.05) is 32.0 Å². The molecule has 1 N–H and O–H groups in total. The van der Waals surface area contributed by atoms with Gasteiger partial charge >= 0.3 is 5.76 Å². The number of piperidine rings is 1. The summed E-state index contributed by atoms with van der Waals surface area (Å²) < 4.78 is 39.1. The standard InChI is InChI=1S/C22H22N2O6S/c1-13-3-5-16-18(25)12-22(30-20(16)14(13)2)7-9-24(10-8-22)31(27,28)15-4-6-17-19(11-15)29-21(26)23-17/h3-6,11H,7-10,12H2,1-2H3,(H,23,26). The topological polar surface area (TPSA) is 110 Å². The van der Waals surface area contributed by atoms with Crippen LogP contribution in [-0.2, 0) is 10.0 Å². The van der Waals surface area contributed by atoms with Crippen molar-refractivity contribution in [3.05, 3.63) is 57.6 Å². The van der Waals surface area contributed by atoms with Crippen LogP contribution in [0.2, 0.25) is 0 Å². The van der Waals surface area contributed by atoms with Gasteiger partial charge in [0.15, 0.2) is 11.4 Å². The highest BCUT2D eigenvalue weighted by atomic mass is 32.2. The van der Waals surface area contributed by atoms with Crippen molar-refractivity contribution in [3.63, 3.8) is 0 Å². The first kappa shape index (κ1) is 20.0. The second kappa shape index (κ2) is 6.80. The molecule has 0 saturated carbocycles. The van der Waals surface area contributed by atoms with Gasteiger partial charge in [0.1, 0.15) is 11.4 Å². The number of hydrogen-bond donors (Lipinski definition) is 1. The molecular formula is C22H22N2O6S. The number of rotatable bonds is 2. The second-order valence-electron chi connectivity index (χ2n) is 8.35. The van der Waals surface area contributed by atoms with Gasteiger partial charge in [-0.15, -0.1) is 0 Å². The monoisotopic (exact) mass is 442 g/mol. The molecule has 162 valence electrons. The molecule has 0 bridgehead atoms. The minimum absolute atomic E-state index is 0.0357. The number of fused-ring (bicyclic) bond motifs is 2. The van der Waals surface area contributed by atoms with Crippen LogP contribution >= 0.6 is 0 Å². The first-order chi connectivity index (χ1) is 14.7. The van der Waals surface area contributed by atoms with E-state index in [2.05, 4.69) is 4.98 Å². The number of carbonyl (C=O) groups is 1. The van der Waals surface area contributed by atoms with Crippen molar-refractivity contribution in [3.8, 4) is 5.75 Å². The van der Waals surface area contributed by atoms with Crippen molar-refractivity contribution < 1.29 is 22.4 Å². The molecule has 1 aromatic heterocycles. The maximum Gasteiger partial charge on any atom is 0.417 e. The highest BCUT2D eigenvalue weighted by Gasteiger charge is 2.45. The number of sulfonamides is 1. The molecule has 0 atom stereocenters. The number of oxazole rings is 1. The molecule has 0 radical (unpaired) electrons. The Hall–Kier alpha value is -2.91. The molecule has 5 rings (SSSR count). The fourth-order valence-electron chi connectivity index (χ4n) is 4.43. The van der Waals surface area contributed by atoms with Gasteiger partial charge in [-0.1, -0.05) is 6.07 Å². The first-order valence-electron chi connectivity index (χ1n) is 10.1. The van der Waals surface area contributed by atoms with Crippen molar-refractivity contribution >= 4 is 26.9 Å². The largest absolute Gasteiger partial charge is 0.486 e. The van der Waals surface area contributed by atoms with Crippen LogP contribution in [0.15, 0.2) is 44.4 Å². The SMILES string of the molecule is Cc1ccc2c(c1C)OC1(CCN(S(=O)(=O)c3ccc4[nH]c(=O)oc4c3)CC1)CC2=O. The molecule has 2 aliphatic heterocycles. The predicted molar refractivity (Wildman–Crippen MR) is 113 cm³/mol. The van der Waals surface area contributed by atoms with Crippen LogP contribution < -0.4 is 10.5 Å². The third-order valence-corrected chi connectivity index (χ3v) is 8.34. The second-order valence-corrected chi connectivity index (χ2v) is 10.3. The predicted octanol–water partition coefficient (Wildman–Crippen LogP) is 2.93. The normalized spacial score (nSPS) is 18.8. The zero-order valence-electron chi connectivity index (χ0n) is 17.2. The summed E-state index contributed by atoms with van der Waals surface area (Å²) in [5.41, 5.74) is 2.55. The molecular weight excluding hydrogens is 420 g/mol. The Balaban J connectivity index is 1.40. The summed E-state index contributed by atoms with van der Waals surface area (Å²) in [5, 5.41) is 0. The third kappa shape index (κ3) is 3.19. The minimum atomic E-state index is -3.77. The summed E-state index contributed by atoms with van der Waals surface area (Å²) >= 11 is 0. The maximum atomic E-state index is 13.2. The van der Waals surface area contributed by atoms with Crippen LogP contribution in [0.5, 0.6) is 5.75 Å². The first-order valence-corrected chi connectivity index (χ1v) is 11.6. The summed E-state index contributed by atoms with van der Waals surface area (Å²) in [5.74, 6) is 0.0310. The van der Waals surface area contributed by atoms with Crippen LogP contribution in [0.25, 0.3) is 11.1 Å². The average molecular weight is 442 g/mol. The van der Waals surface area contributed by atoms with Crippen LogP contribution in [-0.4, -0.2) is 42.2 Å². The smallest absolute Gasteiger partial charge is 0.417 e. The van der Waals surface area contributed by atoms with Crippen LogP contribution in [0.4, 0.5) is 0 Å². The van der Waals surface area contributed by atoms with Crippen molar-refractivity contribution in [1.29, 1.82) is 0 Å². The molecule has 0 aliphatic carbocycles. The highest BCUT2D eigenvalue weighted by molar-refractivity contribution is 7.89. The number of carbonyl (C=O) groups excluding carboxylic acids is 1. The number of aromatic nitrogens is 1. The van der Waals surface area contributed by atoms with Gasteiger partial charge in [-0.3, -0.25) is 9.78 Å². The van der Waals surface area contributed by atoms with Crippen LogP contribution in [0, 0.1) is 13.8 Å². The minimum Gasteiger partial charge on any atom is -0.486 e. The Kier molecular flexibility index (Phi) is 4.39. The molecule has 0 unspecified atom stereocenters. The molecule has 8 nitrogen and oxygen atoms in total. The summed E-state index contributed by atoms with van der Waals surface area (Å²) in [4.78, 5) is 26.7. The van der Waals surface area contributed by atoms with Crippen LogP contribution in [0.1, 0.15) is 40.7 Å². The fraction of sp³-hybridized carbons (Fsp3) is 0.364. The number of benzene rings is 2. The fourth-order valence-corrected chi connectivity index (χ4v) is 5.89. The van der Waals surface area contributed by atoms with E-state index in [1.165, 1.54) is 22.5 Å². The molecule has 3 heterocycles.